The Balaban J connectivity index is 1.94. The first-order valence-corrected chi connectivity index (χ1v) is 12.1. The number of methoxy groups -OCH3 is 1. The molecule has 1 aliphatic rings. The van der Waals surface area contributed by atoms with E-state index in [4.69, 9.17) is 9.15 Å². The fourth-order valence-corrected chi connectivity index (χ4v) is 5.83. The van der Waals surface area contributed by atoms with Crippen LogP contribution in [-0.4, -0.2) is 61.1 Å². The molecule has 1 N–H and O–H groups in total. The first kappa shape index (κ1) is 22.3. The number of rotatable bonds is 8. The van der Waals surface area contributed by atoms with Gasteiger partial charge in [-0.05, 0) is 44.4 Å². The Morgan fingerprint density at radius 2 is 2.03 bits per heavy atom. The summed E-state index contributed by atoms with van der Waals surface area (Å²) < 4.78 is 64.1. The SMILES string of the molecule is COc1ccc(N2C(=O)CCS2(=O)=O)cc1S(=O)(=O)NC[C@@H](c1ccco1)N(C)C. The van der Waals surface area contributed by atoms with E-state index in [-0.39, 0.29) is 41.1 Å². The minimum Gasteiger partial charge on any atom is -0.495 e. The van der Waals surface area contributed by atoms with Crippen LogP contribution in [0.2, 0.25) is 0 Å². The summed E-state index contributed by atoms with van der Waals surface area (Å²) in [5.41, 5.74) is -0.0473. The van der Waals surface area contributed by atoms with Crippen LogP contribution < -0.4 is 13.8 Å². The Morgan fingerprint density at radius 3 is 2.57 bits per heavy atom. The van der Waals surface area contributed by atoms with Gasteiger partial charge in [-0.15, -0.1) is 0 Å². The highest BCUT2D eigenvalue weighted by Crippen LogP contribution is 2.32. The maximum atomic E-state index is 13.0. The van der Waals surface area contributed by atoms with Crippen LogP contribution in [0.4, 0.5) is 5.69 Å². The molecule has 1 aromatic carbocycles. The molecule has 0 saturated carbocycles. The number of nitrogens with zero attached hydrogens (tertiary/aromatic N) is 2. The zero-order valence-electron chi connectivity index (χ0n) is 16.7. The highest BCUT2D eigenvalue weighted by Gasteiger charge is 2.37. The van der Waals surface area contributed by atoms with Gasteiger partial charge in [0.15, 0.2) is 0 Å². The number of anilines is 1. The predicted molar refractivity (Wildman–Crippen MR) is 109 cm³/mol. The molecule has 1 atom stereocenters. The molecular weight excluding hydrogens is 434 g/mol. The van der Waals surface area contributed by atoms with Crippen molar-refractivity contribution >= 4 is 31.6 Å². The third-order valence-corrected chi connectivity index (χ3v) is 7.85. The largest absolute Gasteiger partial charge is 0.495 e. The van der Waals surface area contributed by atoms with Crippen LogP contribution in [0.15, 0.2) is 45.9 Å². The fraction of sp³-hybridized carbons (Fsp3) is 0.389. The maximum Gasteiger partial charge on any atom is 0.244 e. The lowest BCUT2D eigenvalue weighted by Gasteiger charge is -2.23. The van der Waals surface area contributed by atoms with Crippen molar-refractivity contribution in [2.75, 3.05) is 37.8 Å². The average Bonchev–Trinajstić information content (AvgIpc) is 3.29. The number of amides is 1. The third kappa shape index (κ3) is 4.36. The van der Waals surface area contributed by atoms with Gasteiger partial charge in [0.2, 0.25) is 26.0 Å². The van der Waals surface area contributed by atoms with Crippen molar-refractivity contribution in [3.63, 3.8) is 0 Å². The van der Waals surface area contributed by atoms with Gasteiger partial charge in [-0.1, -0.05) is 0 Å². The molecule has 2 heterocycles. The number of carbonyl (C=O) groups is 1. The Morgan fingerprint density at radius 1 is 1.30 bits per heavy atom. The third-order valence-electron chi connectivity index (χ3n) is 4.71. The Bertz CT molecular complexity index is 1130. The zero-order valence-corrected chi connectivity index (χ0v) is 18.4. The standard InChI is InChI=1S/C18H23N3O7S2/c1-20(2)14(15-5-4-9-28-15)12-19-30(25,26)17-11-13(6-7-16(17)27-3)21-18(22)8-10-29(21,23)24/h4-7,9,11,14,19H,8,10,12H2,1-3H3/t14-/m0/s1. The van der Waals surface area contributed by atoms with E-state index in [1.807, 2.05) is 0 Å². The van der Waals surface area contributed by atoms with Crippen LogP contribution in [0.1, 0.15) is 18.2 Å². The summed E-state index contributed by atoms with van der Waals surface area (Å²) >= 11 is 0. The molecule has 0 spiro atoms. The molecule has 1 fully saturated rings. The summed E-state index contributed by atoms with van der Waals surface area (Å²) in [5.74, 6) is -0.319. The monoisotopic (exact) mass is 457 g/mol. The van der Waals surface area contributed by atoms with E-state index in [1.165, 1.54) is 25.5 Å². The van der Waals surface area contributed by atoms with Gasteiger partial charge in [0.1, 0.15) is 16.4 Å². The van der Waals surface area contributed by atoms with Crippen LogP contribution >= 0.6 is 0 Å². The van der Waals surface area contributed by atoms with Crippen molar-refractivity contribution in [2.45, 2.75) is 17.4 Å². The van der Waals surface area contributed by atoms with Crippen molar-refractivity contribution in [3.05, 3.63) is 42.4 Å². The zero-order chi connectivity index (χ0) is 22.1. The summed E-state index contributed by atoms with van der Waals surface area (Å²) in [7, 11) is -3.06. The number of benzene rings is 1. The molecule has 12 heteroatoms. The number of nitrogens with one attached hydrogen (secondary N) is 1. The average molecular weight is 458 g/mol. The lowest BCUT2D eigenvalue weighted by Crippen LogP contribution is -2.35. The topological polar surface area (TPSA) is 126 Å². The fourth-order valence-electron chi connectivity index (χ4n) is 3.16. The molecule has 1 amide bonds. The minimum absolute atomic E-state index is 0.00281. The van der Waals surface area contributed by atoms with Gasteiger partial charge in [-0.25, -0.2) is 25.9 Å². The molecule has 1 aromatic heterocycles. The van der Waals surface area contributed by atoms with Gasteiger partial charge < -0.3 is 9.15 Å². The van der Waals surface area contributed by atoms with E-state index in [0.29, 0.717) is 10.1 Å². The quantitative estimate of drug-likeness (QED) is 0.621. The number of ether oxygens (including phenoxy) is 1. The Kier molecular flexibility index (Phi) is 6.22. The summed E-state index contributed by atoms with van der Waals surface area (Å²) in [6.45, 7) is -0.00281. The van der Waals surface area contributed by atoms with Crippen LogP contribution in [-0.2, 0) is 24.8 Å². The Hall–Kier alpha value is -2.41. The van der Waals surface area contributed by atoms with Crippen molar-refractivity contribution in [3.8, 4) is 5.75 Å². The summed E-state index contributed by atoms with van der Waals surface area (Å²) in [5, 5.41) is 0. The molecule has 3 rings (SSSR count). The second-order valence-electron chi connectivity index (χ2n) is 6.91. The summed E-state index contributed by atoms with van der Waals surface area (Å²) in [6, 6.07) is 6.86. The van der Waals surface area contributed by atoms with Crippen molar-refractivity contribution in [1.29, 1.82) is 0 Å². The maximum absolute atomic E-state index is 13.0. The first-order chi connectivity index (χ1) is 14.1. The van der Waals surface area contributed by atoms with E-state index in [9.17, 15) is 21.6 Å². The number of sulfonamides is 2. The molecule has 0 radical (unpaired) electrons. The molecule has 0 bridgehead atoms. The van der Waals surface area contributed by atoms with E-state index in [2.05, 4.69) is 4.72 Å². The molecule has 0 aliphatic carbocycles. The van der Waals surface area contributed by atoms with Gasteiger partial charge in [0.25, 0.3) is 0 Å². The van der Waals surface area contributed by atoms with Gasteiger partial charge >= 0.3 is 0 Å². The second-order valence-corrected chi connectivity index (χ2v) is 10.6. The summed E-state index contributed by atoms with van der Waals surface area (Å²) in [6.07, 6.45) is 1.35. The van der Waals surface area contributed by atoms with E-state index < -0.39 is 26.0 Å². The highest BCUT2D eigenvalue weighted by atomic mass is 32.2. The molecule has 10 nitrogen and oxygen atoms in total. The normalized spacial score (nSPS) is 17.5. The molecule has 164 valence electrons. The van der Waals surface area contributed by atoms with E-state index in [1.54, 1.807) is 31.1 Å². The molecule has 1 aliphatic heterocycles. The number of likely N-dealkylation sites (N-methyl/N-ethyl adjacent to an activating group) is 1. The molecule has 2 aromatic rings. The van der Waals surface area contributed by atoms with Crippen LogP contribution in [0.5, 0.6) is 5.75 Å². The molecule has 1 saturated heterocycles. The molecule has 0 unspecified atom stereocenters. The number of hydrogen-bond donors (Lipinski definition) is 1. The predicted octanol–water partition coefficient (Wildman–Crippen LogP) is 0.936. The van der Waals surface area contributed by atoms with E-state index in [0.717, 1.165) is 6.07 Å². The van der Waals surface area contributed by atoms with Crippen molar-refractivity contribution < 1.29 is 30.8 Å². The van der Waals surface area contributed by atoms with Gasteiger partial charge in [-0.3, -0.25) is 9.69 Å². The van der Waals surface area contributed by atoms with Crippen LogP contribution in [0.25, 0.3) is 0 Å². The van der Waals surface area contributed by atoms with E-state index >= 15 is 0 Å². The highest BCUT2D eigenvalue weighted by molar-refractivity contribution is 7.94. The number of hydrogen-bond acceptors (Lipinski definition) is 8. The van der Waals surface area contributed by atoms with Crippen molar-refractivity contribution in [1.82, 2.24) is 9.62 Å². The summed E-state index contributed by atoms with van der Waals surface area (Å²) in [4.78, 5) is 13.6. The second kappa shape index (κ2) is 8.38. The Labute approximate surface area is 175 Å². The molecule has 30 heavy (non-hydrogen) atoms. The number of carbonyl (C=O) groups excluding carboxylic acids is 1. The van der Waals surface area contributed by atoms with Crippen LogP contribution in [0, 0.1) is 0 Å². The van der Waals surface area contributed by atoms with Gasteiger partial charge in [0.05, 0.1) is 30.9 Å². The lowest BCUT2D eigenvalue weighted by molar-refractivity contribution is -0.116. The van der Waals surface area contributed by atoms with Gasteiger partial charge in [-0.2, -0.15) is 0 Å². The smallest absolute Gasteiger partial charge is 0.244 e. The molecular formula is C18H23N3O7S2. The lowest BCUT2D eigenvalue weighted by atomic mass is 10.2. The van der Waals surface area contributed by atoms with Gasteiger partial charge in [0, 0.05) is 13.0 Å². The number of furan rings is 1. The first-order valence-electron chi connectivity index (χ1n) is 9.00. The van der Waals surface area contributed by atoms with Crippen LogP contribution in [0.3, 0.4) is 0 Å². The van der Waals surface area contributed by atoms with Crippen molar-refractivity contribution in [2.24, 2.45) is 0 Å². The minimum atomic E-state index is -4.11.